The van der Waals surface area contributed by atoms with Crippen LogP contribution in [-0.2, 0) is 12.7 Å². The quantitative estimate of drug-likeness (QED) is 0.507. The molecule has 4 rings (SSSR count). The Morgan fingerprint density at radius 1 is 1.09 bits per heavy atom. The zero-order valence-electron chi connectivity index (χ0n) is 18.0. The molecule has 3 aromatic rings. The zero-order chi connectivity index (χ0) is 23.0. The lowest BCUT2D eigenvalue weighted by molar-refractivity contribution is -0.148. The van der Waals surface area contributed by atoms with Crippen molar-refractivity contribution in [2.45, 2.75) is 45.5 Å². The number of aromatic nitrogens is 2. The van der Waals surface area contributed by atoms with E-state index in [0.717, 1.165) is 24.0 Å². The third-order valence-electron chi connectivity index (χ3n) is 6.11. The molecular formula is C24H25F4N3O. The van der Waals surface area contributed by atoms with Crippen LogP contribution in [0.15, 0.2) is 47.3 Å². The van der Waals surface area contributed by atoms with E-state index in [1.807, 2.05) is 0 Å². The molecule has 0 saturated carbocycles. The van der Waals surface area contributed by atoms with Crippen molar-refractivity contribution in [3.05, 3.63) is 64.5 Å². The van der Waals surface area contributed by atoms with Crippen molar-refractivity contribution in [2.24, 2.45) is 5.92 Å². The summed E-state index contributed by atoms with van der Waals surface area (Å²) in [6.07, 6.45) is -3.09. The van der Waals surface area contributed by atoms with Gasteiger partial charge in [0.1, 0.15) is 5.82 Å². The largest absolute Gasteiger partial charge is 0.449 e. The summed E-state index contributed by atoms with van der Waals surface area (Å²) in [5.41, 5.74) is 0.579. The molecule has 1 aromatic heterocycles. The standard InChI is InChI=1S/C24H25F4N3O/c1-15(2)30-11-3-4-16(13-30)14-31-22(32)20-12-18(17-5-8-19(25)9-6-17)7-10-21(20)29-23(31)24(26,27)28/h5-10,12,15-16H,3-4,11,13-14H2,1-2H3/t16-/m0/s1. The van der Waals surface area contributed by atoms with E-state index in [0.29, 0.717) is 23.7 Å². The minimum atomic E-state index is -4.74. The van der Waals surface area contributed by atoms with Gasteiger partial charge in [-0.1, -0.05) is 18.2 Å². The van der Waals surface area contributed by atoms with Crippen molar-refractivity contribution in [1.82, 2.24) is 14.5 Å². The maximum Gasteiger partial charge on any atom is 0.449 e. The van der Waals surface area contributed by atoms with Crippen LogP contribution >= 0.6 is 0 Å². The van der Waals surface area contributed by atoms with Gasteiger partial charge >= 0.3 is 6.18 Å². The normalized spacial score (nSPS) is 17.9. The van der Waals surface area contributed by atoms with Crippen LogP contribution in [0.4, 0.5) is 17.6 Å². The van der Waals surface area contributed by atoms with Gasteiger partial charge in [0, 0.05) is 19.1 Å². The maximum absolute atomic E-state index is 13.8. The molecule has 0 N–H and O–H groups in total. The topological polar surface area (TPSA) is 38.1 Å². The van der Waals surface area contributed by atoms with Crippen LogP contribution in [0.5, 0.6) is 0 Å². The molecule has 1 aliphatic heterocycles. The van der Waals surface area contributed by atoms with Gasteiger partial charge in [-0.05, 0) is 74.5 Å². The average Bonchev–Trinajstić information content (AvgIpc) is 2.75. The van der Waals surface area contributed by atoms with Crippen molar-refractivity contribution in [3.63, 3.8) is 0 Å². The molecule has 1 fully saturated rings. The lowest BCUT2D eigenvalue weighted by Gasteiger charge is -2.35. The molecule has 2 aromatic carbocycles. The zero-order valence-corrected chi connectivity index (χ0v) is 18.0. The molecule has 1 aliphatic rings. The van der Waals surface area contributed by atoms with Crippen LogP contribution in [0.3, 0.4) is 0 Å². The van der Waals surface area contributed by atoms with Gasteiger partial charge in [0.25, 0.3) is 5.56 Å². The van der Waals surface area contributed by atoms with Crippen molar-refractivity contribution < 1.29 is 17.6 Å². The van der Waals surface area contributed by atoms with Crippen LogP contribution in [-0.4, -0.2) is 33.6 Å². The van der Waals surface area contributed by atoms with Gasteiger partial charge in [-0.3, -0.25) is 9.36 Å². The lowest BCUT2D eigenvalue weighted by Crippen LogP contribution is -2.43. The summed E-state index contributed by atoms with van der Waals surface area (Å²) in [5.74, 6) is -1.62. The third kappa shape index (κ3) is 4.55. The molecule has 0 radical (unpaired) electrons. The minimum absolute atomic E-state index is 0.00288. The Labute approximate surface area is 183 Å². The van der Waals surface area contributed by atoms with Gasteiger partial charge in [0.15, 0.2) is 0 Å². The molecular weight excluding hydrogens is 422 g/mol. The molecule has 0 aliphatic carbocycles. The van der Waals surface area contributed by atoms with Gasteiger partial charge in [0.2, 0.25) is 5.82 Å². The third-order valence-corrected chi connectivity index (χ3v) is 6.11. The highest BCUT2D eigenvalue weighted by molar-refractivity contribution is 5.83. The van der Waals surface area contributed by atoms with Gasteiger partial charge in [0.05, 0.1) is 10.9 Å². The second-order valence-electron chi connectivity index (χ2n) is 8.68. The van der Waals surface area contributed by atoms with E-state index in [1.54, 1.807) is 18.2 Å². The second-order valence-corrected chi connectivity index (χ2v) is 8.68. The smallest absolute Gasteiger partial charge is 0.301 e. The minimum Gasteiger partial charge on any atom is -0.301 e. The summed E-state index contributed by atoms with van der Waals surface area (Å²) in [6.45, 7) is 5.65. The highest BCUT2D eigenvalue weighted by Gasteiger charge is 2.38. The number of likely N-dealkylation sites (tertiary alicyclic amines) is 1. The van der Waals surface area contributed by atoms with Gasteiger partial charge in [-0.15, -0.1) is 0 Å². The monoisotopic (exact) mass is 447 g/mol. The molecule has 0 unspecified atom stereocenters. The summed E-state index contributed by atoms with van der Waals surface area (Å²) in [6, 6.07) is 10.6. The number of halogens is 4. The summed E-state index contributed by atoms with van der Waals surface area (Å²) in [5, 5.41) is 0.122. The van der Waals surface area contributed by atoms with E-state index >= 15 is 0 Å². The first kappa shape index (κ1) is 22.5. The molecule has 0 amide bonds. The predicted octanol–water partition coefficient (Wildman–Crippen LogP) is 5.34. The van der Waals surface area contributed by atoms with Gasteiger partial charge in [-0.2, -0.15) is 13.2 Å². The highest BCUT2D eigenvalue weighted by Crippen LogP contribution is 2.31. The van der Waals surface area contributed by atoms with E-state index in [-0.39, 0.29) is 23.4 Å². The fraction of sp³-hybridized carbons (Fsp3) is 0.417. The Balaban J connectivity index is 1.79. The van der Waals surface area contributed by atoms with Crippen LogP contribution in [0, 0.1) is 11.7 Å². The van der Waals surface area contributed by atoms with E-state index in [1.165, 1.54) is 24.3 Å². The molecule has 4 nitrogen and oxygen atoms in total. The summed E-state index contributed by atoms with van der Waals surface area (Å²) in [7, 11) is 0. The van der Waals surface area contributed by atoms with Gasteiger partial charge in [-0.25, -0.2) is 9.37 Å². The van der Waals surface area contributed by atoms with Crippen LogP contribution < -0.4 is 5.56 Å². The predicted molar refractivity (Wildman–Crippen MR) is 116 cm³/mol. The molecule has 1 atom stereocenters. The average molecular weight is 447 g/mol. The fourth-order valence-electron chi connectivity index (χ4n) is 4.40. The van der Waals surface area contributed by atoms with Crippen molar-refractivity contribution in [1.29, 1.82) is 0 Å². The van der Waals surface area contributed by atoms with E-state index in [9.17, 15) is 22.4 Å². The number of alkyl halides is 3. The fourth-order valence-corrected chi connectivity index (χ4v) is 4.40. The number of benzene rings is 2. The van der Waals surface area contributed by atoms with Crippen LogP contribution in [0.1, 0.15) is 32.5 Å². The second kappa shape index (κ2) is 8.65. The molecule has 8 heteroatoms. The Hall–Kier alpha value is -2.74. The number of rotatable bonds is 4. The number of nitrogens with zero attached hydrogens (tertiary/aromatic N) is 3. The first-order chi connectivity index (χ1) is 15.1. The number of fused-ring (bicyclic) bond motifs is 1. The van der Waals surface area contributed by atoms with Crippen molar-refractivity contribution >= 4 is 10.9 Å². The molecule has 0 spiro atoms. The first-order valence-electron chi connectivity index (χ1n) is 10.8. The Kier molecular flexibility index (Phi) is 6.07. The Bertz CT molecular complexity index is 1170. The number of hydrogen-bond donors (Lipinski definition) is 0. The van der Waals surface area contributed by atoms with E-state index in [2.05, 4.69) is 23.7 Å². The number of hydrogen-bond acceptors (Lipinski definition) is 3. The Morgan fingerprint density at radius 2 is 1.78 bits per heavy atom. The van der Waals surface area contributed by atoms with Crippen molar-refractivity contribution in [2.75, 3.05) is 13.1 Å². The van der Waals surface area contributed by atoms with Crippen molar-refractivity contribution in [3.8, 4) is 11.1 Å². The SMILES string of the molecule is CC(C)N1CCC[C@H](Cn2c(C(F)(F)F)nc3ccc(-c4ccc(F)cc4)cc3c2=O)C1. The first-order valence-corrected chi connectivity index (χ1v) is 10.8. The lowest BCUT2D eigenvalue weighted by atomic mass is 9.96. The van der Waals surface area contributed by atoms with Crippen LogP contribution in [0.2, 0.25) is 0 Å². The van der Waals surface area contributed by atoms with Gasteiger partial charge < -0.3 is 4.90 Å². The molecule has 2 heterocycles. The molecule has 0 bridgehead atoms. The van der Waals surface area contributed by atoms with E-state index in [4.69, 9.17) is 0 Å². The molecule has 32 heavy (non-hydrogen) atoms. The van der Waals surface area contributed by atoms with Crippen LogP contribution in [0.25, 0.3) is 22.0 Å². The summed E-state index contributed by atoms with van der Waals surface area (Å²) in [4.78, 5) is 19.3. The highest BCUT2D eigenvalue weighted by atomic mass is 19.4. The van der Waals surface area contributed by atoms with E-state index < -0.39 is 23.4 Å². The number of piperidine rings is 1. The summed E-state index contributed by atoms with van der Waals surface area (Å²) < 4.78 is 55.5. The molecule has 170 valence electrons. The molecule has 1 saturated heterocycles. The maximum atomic E-state index is 13.8. The summed E-state index contributed by atoms with van der Waals surface area (Å²) >= 11 is 0. The Morgan fingerprint density at radius 3 is 2.44 bits per heavy atom.